The average molecular weight is 220 g/mol. The van der Waals surface area contributed by atoms with Crippen LogP contribution < -0.4 is 5.32 Å². The molecule has 1 amide bonds. The zero-order chi connectivity index (χ0) is 11.7. The van der Waals surface area contributed by atoms with Gasteiger partial charge in [-0.3, -0.25) is 15.2 Å². The molecule has 0 aliphatic rings. The van der Waals surface area contributed by atoms with Crippen LogP contribution >= 0.6 is 0 Å². The molecule has 0 aliphatic carbocycles. The molecule has 0 bridgehead atoms. The van der Waals surface area contributed by atoms with Gasteiger partial charge in [0.2, 0.25) is 5.95 Å². The van der Waals surface area contributed by atoms with E-state index in [0.717, 1.165) is 0 Å². The summed E-state index contributed by atoms with van der Waals surface area (Å²) in [5.41, 5.74) is 0.500. The van der Waals surface area contributed by atoms with E-state index in [0.29, 0.717) is 22.9 Å². The van der Waals surface area contributed by atoms with Gasteiger partial charge >= 0.3 is 0 Å². The Bertz CT molecular complexity index is 527. The highest BCUT2D eigenvalue weighted by Gasteiger charge is 2.14. The number of carbonyl (C=O) groups is 1. The Hall–Kier alpha value is -2.11. The Balaban J connectivity index is 2.17. The molecule has 0 aliphatic heterocycles. The van der Waals surface area contributed by atoms with Gasteiger partial charge in [-0.2, -0.15) is 4.98 Å². The lowest BCUT2D eigenvalue weighted by atomic mass is 10.2. The van der Waals surface area contributed by atoms with E-state index >= 15 is 0 Å². The van der Waals surface area contributed by atoms with Gasteiger partial charge in [-0.05, 0) is 26.8 Å². The molecular formula is C10H12N4O2. The first-order chi connectivity index (χ1) is 7.56. The molecule has 0 aromatic carbocycles. The molecule has 0 spiro atoms. The number of rotatable bonds is 2. The van der Waals surface area contributed by atoms with Gasteiger partial charge in [-0.15, -0.1) is 5.10 Å². The van der Waals surface area contributed by atoms with Crippen LogP contribution in [0.25, 0.3) is 0 Å². The molecular weight excluding hydrogens is 208 g/mol. The van der Waals surface area contributed by atoms with E-state index in [-0.39, 0.29) is 11.9 Å². The maximum atomic E-state index is 11.8. The van der Waals surface area contributed by atoms with Gasteiger partial charge in [0, 0.05) is 0 Å². The number of amides is 1. The maximum absolute atomic E-state index is 11.8. The summed E-state index contributed by atoms with van der Waals surface area (Å²) in [4.78, 5) is 15.8. The lowest BCUT2D eigenvalue weighted by molar-refractivity contribution is 0.102. The molecule has 16 heavy (non-hydrogen) atoms. The van der Waals surface area contributed by atoms with Gasteiger partial charge in [0.25, 0.3) is 5.91 Å². The Kier molecular flexibility index (Phi) is 2.47. The van der Waals surface area contributed by atoms with Crippen molar-refractivity contribution in [2.45, 2.75) is 20.8 Å². The van der Waals surface area contributed by atoms with Crippen molar-refractivity contribution in [3.05, 3.63) is 29.0 Å². The molecule has 2 aromatic heterocycles. The van der Waals surface area contributed by atoms with Crippen LogP contribution in [0.4, 0.5) is 5.95 Å². The number of H-pyrrole nitrogens is 1. The van der Waals surface area contributed by atoms with E-state index in [1.807, 2.05) is 0 Å². The summed E-state index contributed by atoms with van der Waals surface area (Å²) in [6.45, 7) is 5.29. The highest BCUT2D eigenvalue weighted by atomic mass is 16.3. The molecule has 0 atom stereocenters. The molecule has 2 N–H and O–H groups in total. The summed E-state index contributed by atoms with van der Waals surface area (Å²) in [6.07, 6.45) is 0. The highest BCUT2D eigenvalue weighted by Crippen LogP contribution is 2.14. The Morgan fingerprint density at radius 3 is 2.69 bits per heavy atom. The number of hydrogen-bond donors (Lipinski definition) is 2. The molecule has 0 saturated carbocycles. The predicted octanol–water partition coefficient (Wildman–Crippen LogP) is 1.58. The van der Waals surface area contributed by atoms with Crippen LogP contribution in [0.5, 0.6) is 0 Å². The second kappa shape index (κ2) is 3.80. The third-order valence-corrected chi connectivity index (χ3v) is 2.11. The lowest BCUT2D eigenvalue weighted by Crippen LogP contribution is -2.13. The van der Waals surface area contributed by atoms with E-state index in [9.17, 15) is 4.79 Å². The summed E-state index contributed by atoms with van der Waals surface area (Å²) >= 11 is 0. The van der Waals surface area contributed by atoms with Gasteiger partial charge in [0.05, 0.1) is 5.56 Å². The largest absolute Gasteiger partial charge is 0.466 e. The minimum Gasteiger partial charge on any atom is -0.466 e. The lowest BCUT2D eigenvalue weighted by Gasteiger charge is -1.97. The predicted molar refractivity (Wildman–Crippen MR) is 57.3 cm³/mol. The van der Waals surface area contributed by atoms with Crippen molar-refractivity contribution < 1.29 is 9.21 Å². The summed E-state index contributed by atoms with van der Waals surface area (Å²) in [7, 11) is 0. The third kappa shape index (κ3) is 1.95. The first-order valence-corrected chi connectivity index (χ1v) is 4.83. The van der Waals surface area contributed by atoms with Crippen molar-refractivity contribution in [3.63, 3.8) is 0 Å². The molecule has 0 fully saturated rings. The molecule has 2 rings (SSSR count). The summed E-state index contributed by atoms with van der Waals surface area (Å²) in [6, 6.07) is 1.68. The van der Waals surface area contributed by atoms with E-state index in [1.54, 1.807) is 26.8 Å². The third-order valence-electron chi connectivity index (χ3n) is 2.11. The van der Waals surface area contributed by atoms with Gasteiger partial charge in [0.1, 0.15) is 17.3 Å². The van der Waals surface area contributed by atoms with Crippen molar-refractivity contribution in [3.8, 4) is 0 Å². The number of aryl methyl sites for hydroxylation is 3. The Morgan fingerprint density at radius 2 is 2.19 bits per heavy atom. The van der Waals surface area contributed by atoms with E-state index in [1.165, 1.54) is 0 Å². The fourth-order valence-corrected chi connectivity index (χ4v) is 1.42. The van der Waals surface area contributed by atoms with Crippen molar-refractivity contribution in [1.82, 2.24) is 15.2 Å². The molecule has 2 heterocycles. The van der Waals surface area contributed by atoms with Crippen molar-refractivity contribution in [2.75, 3.05) is 5.32 Å². The number of anilines is 1. The second-order valence-electron chi connectivity index (χ2n) is 3.53. The van der Waals surface area contributed by atoms with E-state index < -0.39 is 0 Å². The van der Waals surface area contributed by atoms with Crippen LogP contribution in [0.15, 0.2) is 10.5 Å². The van der Waals surface area contributed by atoms with E-state index in [4.69, 9.17) is 4.42 Å². The van der Waals surface area contributed by atoms with Crippen LogP contribution in [0.2, 0.25) is 0 Å². The van der Waals surface area contributed by atoms with Gasteiger partial charge in [-0.1, -0.05) is 0 Å². The fraction of sp³-hybridized carbons (Fsp3) is 0.300. The first kappa shape index (κ1) is 10.4. The first-order valence-electron chi connectivity index (χ1n) is 4.83. The normalized spacial score (nSPS) is 10.4. The summed E-state index contributed by atoms with van der Waals surface area (Å²) < 4.78 is 5.27. The summed E-state index contributed by atoms with van der Waals surface area (Å²) in [5, 5.41) is 9.05. The molecule has 2 aromatic rings. The number of nitrogens with one attached hydrogen (secondary N) is 2. The van der Waals surface area contributed by atoms with Crippen LogP contribution in [0.1, 0.15) is 27.7 Å². The topological polar surface area (TPSA) is 83.8 Å². The van der Waals surface area contributed by atoms with Crippen molar-refractivity contribution in [2.24, 2.45) is 0 Å². The van der Waals surface area contributed by atoms with E-state index in [2.05, 4.69) is 20.5 Å². The number of carbonyl (C=O) groups excluding carboxylic acids is 1. The molecule has 6 heteroatoms. The fourth-order valence-electron chi connectivity index (χ4n) is 1.42. The van der Waals surface area contributed by atoms with Crippen LogP contribution in [0.3, 0.4) is 0 Å². The number of aromatic amines is 1. The minimum atomic E-state index is -0.270. The number of aromatic nitrogens is 3. The molecule has 6 nitrogen and oxygen atoms in total. The molecule has 0 saturated heterocycles. The maximum Gasteiger partial charge on any atom is 0.261 e. The Morgan fingerprint density at radius 1 is 1.44 bits per heavy atom. The number of nitrogens with zero attached hydrogens (tertiary/aromatic N) is 2. The van der Waals surface area contributed by atoms with Gasteiger partial charge in [0.15, 0.2) is 0 Å². The number of furan rings is 1. The van der Waals surface area contributed by atoms with Crippen LogP contribution in [0, 0.1) is 20.8 Å². The monoisotopic (exact) mass is 220 g/mol. The zero-order valence-electron chi connectivity index (χ0n) is 9.29. The van der Waals surface area contributed by atoms with Crippen LogP contribution in [-0.4, -0.2) is 21.1 Å². The van der Waals surface area contributed by atoms with Gasteiger partial charge < -0.3 is 4.42 Å². The molecule has 84 valence electrons. The average Bonchev–Trinajstić information content (AvgIpc) is 2.73. The second-order valence-corrected chi connectivity index (χ2v) is 3.53. The Labute approximate surface area is 92.1 Å². The highest BCUT2D eigenvalue weighted by molar-refractivity contribution is 6.04. The minimum absolute atomic E-state index is 0.265. The quantitative estimate of drug-likeness (QED) is 0.804. The van der Waals surface area contributed by atoms with Gasteiger partial charge in [-0.25, -0.2) is 0 Å². The standard InChI is InChI=1S/C10H12N4O2/c1-5-4-8(6(2)16-5)9(15)12-10-11-7(3)13-14-10/h4H,1-3H3,(H2,11,12,13,14,15). The zero-order valence-corrected chi connectivity index (χ0v) is 9.29. The van der Waals surface area contributed by atoms with Crippen molar-refractivity contribution in [1.29, 1.82) is 0 Å². The molecule has 0 radical (unpaired) electrons. The molecule has 0 unspecified atom stereocenters. The smallest absolute Gasteiger partial charge is 0.261 e. The van der Waals surface area contributed by atoms with Crippen LogP contribution in [-0.2, 0) is 0 Å². The SMILES string of the molecule is Cc1nc(NC(=O)c2cc(C)oc2C)n[nH]1. The summed E-state index contributed by atoms with van der Waals surface area (Å²) in [5.74, 6) is 1.93. The van der Waals surface area contributed by atoms with Crippen molar-refractivity contribution >= 4 is 11.9 Å². The number of hydrogen-bond acceptors (Lipinski definition) is 4.